The van der Waals surface area contributed by atoms with Gasteiger partial charge < -0.3 is 4.90 Å². The van der Waals surface area contributed by atoms with Gasteiger partial charge in [0.05, 0.1) is 12.2 Å². The third kappa shape index (κ3) is 4.96. The molecule has 0 aromatic heterocycles. The van der Waals surface area contributed by atoms with Gasteiger partial charge in [0.25, 0.3) is 0 Å². The highest BCUT2D eigenvalue weighted by molar-refractivity contribution is 7.99. The summed E-state index contributed by atoms with van der Waals surface area (Å²) in [5, 5.41) is 3.57. The first-order valence-electron chi connectivity index (χ1n) is 8.31. The first kappa shape index (κ1) is 17.8. The van der Waals surface area contributed by atoms with Gasteiger partial charge in [-0.1, -0.05) is 40.0 Å². The molecule has 0 radical (unpaired) electrons. The Bertz CT molecular complexity index is 286. The molecule has 1 fully saturated rings. The minimum Gasteiger partial charge on any atom is -0.323 e. The maximum absolute atomic E-state index is 12.6. The minimum absolute atomic E-state index is 0.0628. The van der Waals surface area contributed by atoms with Gasteiger partial charge in [-0.2, -0.15) is 11.8 Å². The van der Waals surface area contributed by atoms with Crippen molar-refractivity contribution < 1.29 is 4.79 Å². The summed E-state index contributed by atoms with van der Waals surface area (Å²) in [7, 11) is 0. The summed E-state index contributed by atoms with van der Waals surface area (Å²) >= 11 is 1.97. The first-order valence-corrected chi connectivity index (χ1v) is 9.47. The van der Waals surface area contributed by atoms with Crippen molar-refractivity contribution in [3.63, 3.8) is 0 Å². The van der Waals surface area contributed by atoms with Crippen LogP contribution in [0.4, 0.5) is 0 Å². The van der Waals surface area contributed by atoms with Crippen LogP contribution in [0.3, 0.4) is 0 Å². The highest BCUT2D eigenvalue weighted by Crippen LogP contribution is 2.23. The second-order valence-electron chi connectivity index (χ2n) is 5.75. The lowest BCUT2D eigenvalue weighted by molar-refractivity contribution is -0.132. The molecule has 1 rings (SSSR count). The zero-order chi connectivity index (χ0) is 15.0. The minimum atomic E-state index is 0.0628. The zero-order valence-electron chi connectivity index (χ0n) is 13.7. The van der Waals surface area contributed by atoms with Gasteiger partial charge in [-0.15, -0.1) is 0 Å². The van der Waals surface area contributed by atoms with Crippen LogP contribution in [0.1, 0.15) is 66.2 Å². The molecule has 3 atom stereocenters. The molecule has 1 N–H and O–H groups in total. The van der Waals surface area contributed by atoms with Gasteiger partial charge in [0.2, 0.25) is 5.91 Å². The Hall–Kier alpha value is -0.220. The van der Waals surface area contributed by atoms with Crippen molar-refractivity contribution in [2.45, 2.75) is 84.5 Å². The first-order chi connectivity index (χ1) is 9.65. The Balaban J connectivity index is 2.60. The Morgan fingerprint density at radius 2 is 2.00 bits per heavy atom. The molecule has 4 heteroatoms. The van der Waals surface area contributed by atoms with Crippen molar-refractivity contribution in [3.8, 4) is 0 Å². The van der Waals surface area contributed by atoms with Crippen molar-refractivity contribution >= 4 is 17.7 Å². The van der Waals surface area contributed by atoms with E-state index in [0.717, 1.165) is 50.0 Å². The third-order valence-electron chi connectivity index (χ3n) is 4.05. The van der Waals surface area contributed by atoms with Crippen LogP contribution in [0.15, 0.2) is 0 Å². The van der Waals surface area contributed by atoms with E-state index in [-0.39, 0.29) is 12.2 Å². The van der Waals surface area contributed by atoms with E-state index in [1.165, 1.54) is 0 Å². The molecular formula is C16H32N2OS. The fourth-order valence-electron chi connectivity index (χ4n) is 2.89. The second kappa shape index (κ2) is 9.67. The molecule has 0 saturated carbocycles. The number of unbranched alkanes of at least 4 members (excludes halogenated alkanes) is 1. The number of nitrogens with one attached hydrogen (secondary N) is 1. The lowest BCUT2D eigenvalue weighted by Gasteiger charge is -2.30. The van der Waals surface area contributed by atoms with E-state index in [2.05, 4.69) is 37.9 Å². The SMILES string of the molecule is CCCCC1NC(CCC)N(C(C)CCSCC)C1=O. The largest absolute Gasteiger partial charge is 0.323 e. The summed E-state index contributed by atoms with van der Waals surface area (Å²) in [6, 6.07) is 0.421. The molecule has 0 aromatic carbocycles. The lowest BCUT2D eigenvalue weighted by atomic mass is 10.1. The molecule has 0 spiro atoms. The van der Waals surface area contributed by atoms with Crippen LogP contribution in [0, 0.1) is 0 Å². The summed E-state index contributed by atoms with van der Waals surface area (Å²) in [5.41, 5.74) is 0. The number of hydrogen-bond acceptors (Lipinski definition) is 3. The Kier molecular flexibility index (Phi) is 8.62. The number of rotatable bonds is 10. The number of carbonyl (C=O) groups excluding carboxylic acids is 1. The van der Waals surface area contributed by atoms with Crippen molar-refractivity contribution in [1.82, 2.24) is 10.2 Å². The topological polar surface area (TPSA) is 32.3 Å². The van der Waals surface area contributed by atoms with Gasteiger partial charge >= 0.3 is 0 Å². The molecule has 0 aliphatic carbocycles. The molecule has 1 heterocycles. The third-order valence-corrected chi connectivity index (χ3v) is 4.98. The summed E-state index contributed by atoms with van der Waals surface area (Å²) in [5.74, 6) is 2.65. The highest BCUT2D eigenvalue weighted by atomic mass is 32.2. The van der Waals surface area contributed by atoms with E-state index in [4.69, 9.17) is 0 Å². The Morgan fingerprint density at radius 3 is 2.60 bits per heavy atom. The van der Waals surface area contributed by atoms with Crippen LogP contribution in [-0.4, -0.2) is 40.6 Å². The molecule has 3 unspecified atom stereocenters. The van der Waals surface area contributed by atoms with Crippen molar-refractivity contribution in [2.75, 3.05) is 11.5 Å². The maximum atomic E-state index is 12.6. The molecule has 1 aliphatic heterocycles. The Labute approximate surface area is 129 Å². The standard InChI is InChI=1S/C16H32N2OS/c1-5-8-10-14-16(19)18(15(17-14)9-6-2)13(4)11-12-20-7-3/h13-15,17H,5-12H2,1-4H3. The smallest absolute Gasteiger partial charge is 0.241 e. The van der Waals surface area contributed by atoms with Gasteiger partial charge in [0, 0.05) is 6.04 Å². The van der Waals surface area contributed by atoms with Crippen molar-refractivity contribution in [3.05, 3.63) is 0 Å². The van der Waals surface area contributed by atoms with Gasteiger partial charge in [-0.3, -0.25) is 10.1 Å². The van der Waals surface area contributed by atoms with Crippen LogP contribution in [0.25, 0.3) is 0 Å². The average Bonchev–Trinajstić information content (AvgIpc) is 2.73. The average molecular weight is 301 g/mol. The van der Waals surface area contributed by atoms with E-state index >= 15 is 0 Å². The normalized spacial score (nSPS) is 24.4. The molecule has 0 aromatic rings. The number of carbonyl (C=O) groups is 1. The summed E-state index contributed by atoms with van der Waals surface area (Å²) in [6.45, 7) is 8.78. The molecular weight excluding hydrogens is 268 g/mol. The van der Waals surface area contributed by atoms with E-state index in [0.29, 0.717) is 11.9 Å². The summed E-state index contributed by atoms with van der Waals surface area (Å²) in [4.78, 5) is 14.8. The van der Waals surface area contributed by atoms with Gasteiger partial charge in [0.15, 0.2) is 0 Å². The van der Waals surface area contributed by atoms with E-state index < -0.39 is 0 Å². The number of nitrogens with zero attached hydrogens (tertiary/aromatic N) is 1. The predicted molar refractivity (Wildman–Crippen MR) is 89.1 cm³/mol. The van der Waals surface area contributed by atoms with Gasteiger partial charge in [-0.05, 0) is 37.7 Å². The number of thioether (sulfide) groups is 1. The lowest BCUT2D eigenvalue weighted by Crippen LogP contribution is -2.43. The molecule has 20 heavy (non-hydrogen) atoms. The number of hydrogen-bond donors (Lipinski definition) is 1. The van der Waals surface area contributed by atoms with Crippen molar-refractivity contribution in [1.29, 1.82) is 0 Å². The fourth-order valence-corrected chi connectivity index (χ4v) is 3.69. The maximum Gasteiger partial charge on any atom is 0.241 e. The molecule has 118 valence electrons. The van der Waals surface area contributed by atoms with E-state index in [9.17, 15) is 4.79 Å². The second-order valence-corrected chi connectivity index (χ2v) is 7.14. The van der Waals surface area contributed by atoms with Crippen LogP contribution >= 0.6 is 11.8 Å². The van der Waals surface area contributed by atoms with Gasteiger partial charge in [0.1, 0.15) is 0 Å². The van der Waals surface area contributed by atoms with Crippen LogP contribution < -0.4 is 5.32 Å². The number of amides is 1. The van der Waals surface area contributed by atoms with Gasteiger partial charge in [-0.25, -0.2) is 0 Å². The van der Waals surface area contributed by atoms with Crippen LogP contribution in [-0.2, 0) is 4.79 Å². The monoisotopic (exact) mass is 300 g/mol. The zero-order valence-corrected chi connectivity index (χ0v) is 14.5. The highest BCUT2D eigenvalue weighted by Gasteiger charge is 2.39. The molecule has 0 bridgehead atoms. The quantitative estimate of drug-likeness (QED) is 0.625. The van der Waals surface area contributed by atoms with Crippen LogP contribution in [0.2, 0.25) is 0 Å². The molecule has 1 aliphatic rings. The molecule has 1 saturated heterocycles. The van der Waals surface area contributed by atoms with Crippen molar-refractivity contribution in [2.24, 2.45) is 0 Å². The fraction of sp³-hybridized carbons (Fsp3) is 0.938. The molecule has 3 nitrogen and oxygen atoms in total. The van der Waals surface area contributed by atoms with E-state index in [1.807, 2.05) is 11.8 Å². The summed E-state index contributed by atoms with van der Waals surface area (Å²) < 4.78 is 0. The summed E-state index contributed by atoms with van der Waals surface area (Å²) in [6.07, 6.45) is 6.84. The molecule has 1 amide bonds. The Morgan fingerprint density at radius 1 is 1.25 bits per heavy atom. The van der Waals surface area contributed by atoms with Crippen LogP contribution in [0.5, 0.6) is 0 Å². The predicted octanol–water partition coefficient (Wildman–Crippen LogP) is 3.63. The van der Waals surface area contributed by atoms with E-state index in [1.54, 1.807) is 0 Å².